The Labute approximate surface area is 361 Å². The Bertz CT molecular complexity index is 1670. The maximum atomic E-state index is 10.7. The zero-order valence-corrected chi connectivity index (χ0v) is 38.9. The molecule has 0 atom stereocenters. The standard InChI is InChI=1S/C28H38N2S4.C13H20OS.C2H4N2S2/c1-3-5-7-9-11-13-15-21-17-19-31-23(21)25-29-27-28(33-25)30-26(34-27)24-22(18-20-32-24)16-14-12-10-8-6-4-2;1-2-3-4-5-6-7-8-12-9-10-15-13(12)11-14;3-1(5)2(4)6/h17-20H,3-16H2,1-2H3;9-11H,2-8H2,1H3;(H2,3,5)(H2,4,6). The second-order valence-electron chi connectivity index (χ2n) is 13.9. The summed E-state index contributed by atoms with van der Waals surface area (Å²) in [5, 5.41) is 8.80. The van der Waals surface area contributed by atoms with Gasteiger partial charge in [-0.15, -0.1) is 34.0 Å². The largest absolute Gasteiger partial charge is 0.388 e. The fourth-order valence-electron chi connectivity index (χ4n) is 6.22. The molecule has 302 valence electrons. The highest BCUT2D eigenvalue weighted by Gasteiger charge is 2.18. The summed E-state index contributed by atoms with van der Waals surface area (Å²) in [6, 6.07) is 6.70. The quantitative estimate of drug-likeness (QED) is 0.0362. The summed E-state index contributed by atoms with van der Waals surface area (Å²) in [6.07, 6.45) is 28.5. The third-order valence-electron chi connectivity index (χ3n) is 9.39. The molecule has 0 fully saturated rings. The lowest BCUT2D eigenvalue weighted by atomic mass is 10.1. The Balaban J connectivity index is 0.000000319. The van der Waals surface area contributed by atoms with Crippen LogP contribution in [0.3, 0.4) is 0 Å². The van der Waals surface area contributed by atoms with Crippen LogP contribution in [-0.2, 0) is 19.3 Å². The molecule has 0 aliphatic heterocycles. The fraction of sp³-hybridized carbons (Fsp3) is 0.558. The number of aryl methyl sites for hydroxylation is 3. The average molecular weight is 875 g/mol. The first-order valence-corrected chi connectivity index (χ1v) is 25.4. The van der Waals surface area contributed by atoms with E-state index in [1.165, 1.54) is 155 Å². The minimum Gasteiger partial charge on any atom is -0.388 e. The molecule has 0 amide bonds. The van der Waals surface area contributed by atoms with Gasteiger partial charge in [0.15, 0.2) is 15.9 Å². The van der Waals surface area contributed by atoms with Crippen LogP contribution in [-0.4, -0.2) is 26.2 Å². The number of rotatable bonds is 24. The van der Waals surface area contributed by atoms with E-state index >= 15 is 0 Å². The summed E-state index contributed by atoms with van der Waals surface area (Å²) >= 11 is 17.4. The van der Waals surface area contributed by atoms with Crippen LogP contribution in [0.15, 0.2) is 34.3 Å². The number of nitrogens with two attached hydrogens (primary N) is 2. The molecule has 0 spiro atoms. The number of hydrogen-bond donors (Lipinski definition) is 2. The van der Waals surface area contributed by atoms with Gasteiger partial charge < -0.3 is 11.5 Å². The van der Waals surface area contributed by atoms with Crippen molar-refractivity contribution < 1.29 is 4.79 Å². The van der Waals surface area contributed by atoms with Crippen LogP contribution < -0.4 is 11.5 Å². The molecule has 5 aromatic heterocycles. The minimum absolute atomic E-state index is 0.102. The van der Waals surface area contributed by atoms with Crippen LogP contribution in [0.25, 0.3) is 29.4 Å². The number of thiazole rings is 2. The van der Waals surface area contributed by atoms with Crippen molar-refractivity contribution in [1.82, 2.24) is 9.97 Å². The zero-order chi connectivity index (χ0) is 39.7. The number of fused-ring (bicyclic) bond motifs is 1. The topological polar surface area (TPSA) is 94.9 Å². The lowest BCUT2D eigenvalue weighted by Crippen LogP contribution is -2.26. The van der Waals surface area contributed by atoms with Crippen molar-refractivity contribution in [3.63, 3.8) is 0 Å². The maximum absolute atomic E-state index is 10.7. The molecule has 55 heavy (non-hydrogen) atoms. The van der Waals surface area contributed by atoms with E-state index in [0.29, 0.717) is 0 Å². The number of carbonyl (C=O) groups is 1. The third-order valence-corrected chi connectivity index (χ3v) is 15.1. The molecule has 4 N–H and O–H groups in total. The van der Waals surface area contributed by atoms with Gasteiger partial charge in [-0.1, -0.05) is 164 Å². The number of thiocarbonyl (C=S) groups is 2. The van der Waals surface area contributed by atoms with Crippen molar-refractivity contribution in [2.75, 3.05) is 0 Å². The van der Waals surface area contributed by atoms with E-state index < -0.39 is 0 Å². The van der Waals surface area contributed by atoms with Gasteiger partial charge in [-0.25, -0.2) is 9.97 Å². The van der Waals surface area contributed by atoms with Crippen molar-refractivity contribution in [1.29, 1.82) is 0 Å². The predicted octanol–water partition coefficient (Wildman–Crippen LogP) is 15.0. The summed E-state index contributed by atoms with van der Waals surface area (Å²) < 4.78 is 0. The molecule has 0 saturated carbocycles. The first-order chi connectivity index (χ1) is 26.8. The van der Waals surface area contributed by atoms with Crippen molar-refractivity contribution >= 4 is 107 Å². The van der Waals surface area contributed by atoms with E-state index in [1.54, 1.807) is 34.0 Å². The summed E-state index contributed by atoms with van der Waals surface area (Å²) in [5.41, 5.74) is 14.0. The third kappa shape index (κ3) is 17.6. The molecule has 0 radical (unpaired) electrons. The molecule has 12 heteroatoms. The van der Waals surface area contributed by atoms with Crippen LogP contribution in [0.2, 0.25) is 0 Å². The molecular weight excluding hydrogens is 813 g/mol. The van der Waals surface area contributed by atoms with Crippen molar-refractivity contribution in [2.45, 2.75) is 156 Å². The monoisotopic (exact) mass is 874 g/mol. The first-order valence-electron chi connectivity index (χ1n) is 20.3. The second kappa shape index (κ2) is 28.5. The lowest BCUT2D eigenvalue weighted by Gasteiger charge is -2.03. The Morgan fingerprint density at radius 1 is 0.545 bits per heavy atom. The number of aromatic nitrogens is 2. The van der Waals surface area contributed by atoms with Gasteiger partial charge in [-0.05, 0) is 89.6 Å². The van der Waals surface area contributed by atoms with E-state index in [2.05, 4.69) is 74.2 Å². The lowest BCUT2D eigenvalue weighted by molar-refractivity contribution is 0.112. The number of carbonyl (C=O) groups excluding carboxylic acids is 1. The van der Waals surface area contributed by atoms with Gasteiger partial charge in [0.05, 0.1) is 14.6 Å². The summed E-state index contributed by atoms with van der Waals surface area (Å²) in [7, 11) is 0. The van der Waals surface area contributed by atoms with Gasteiger partial charge in [0.1, 0.15) is 20.0 Å². The Morgan fingerprint density at radius 2 is 0.891 bits per heavy atom. The van der Waals surface area contributed by atoms with Crippen molar-refractivity contribution in [3.05, 3.63) is 55.9 Å². The predicted molar refractivity (Wildman–Crippen MR) is 256 cm³/mol. The number of unbranched alkanes of at least 4 members (excludes halogenated alkanes) is 15. The highest BCUT2D eigenvalue weighted by molar-refractivity contribution is 7.89. The summed E-state index contributed by atoms with van der Waals surface area (Å²) in [6.45, 7) is 6.80. The first kappa shape index (κ1) is 47.4. The molecule has 0 aromatic carbocycles. The molecule has 5 aromatic rings. The van der Waals surface area contributed by atoms with Crippen LogP contribution in [0, 0.1) is 0 Å². The molecule has 0 aliphatic rings. The molecule has 5 rings (SSSR count). The van der Waals surface area contributed by atoms with E-state index in [-0.39, 0.29) is 9.98 Å². The highest BCUT2D eigenvalue weighted by atomic mass is 32.1. The molecule has 0 bridgehead atoms. The van der Waals surface area contributed by atoms with Crippen LogP contribution >= 0.6 is 81.1 Å². The number of thiophene rings is 3. The molecule has 0 unspecified atom stereocenters. The summed E-state index contributed by atoms with van der Waals surface area (Å²) in [4.78, 5) is 26.8. The SMILES string of the molecule is CCCCCCCCc1ccsc1-c1nc2sc(-c3sccc3CCCCCCCC)nc2s1.CCCCCCCCc1ccsc1C=O.NC(=S)C(N)=S. The molecule has 5 nitrogen and oxygen atoms in total. The Hall–Kier alpha value is -1.93. The van der Waals surface area contributed by atoms with Crippen LogP contribution in [0.1, 0.15) is 163 Å². The van der Waals surface area contributed by atoms with Crippen molar-refractivity contribution in [3.8, 4) is 19.8 Å². The van der Waals surface area contributed by atoms with Gasteiger partial charge >= 0.3 is 0 Å². The molecule has 0 saturated heterocycles. The normalized spacial score (nSPS) is 10.9. The Kier molecular flexibility index (Phi) is 24.6. The highest BCUT2D eigenvalue weighted by Crippen LogP contribution is 2.42. The van der Waals surface area contributed by atoms with E-state index in [4.69, 9.17) is 21.4 Å². The van der Waals surface area contributed by atoms with Crippen LogP contribution in [0.4, 0.5) is 0 Å². The van der Waals surface area contributed by atoms with Gasteiger partial charge in [0.2, 0.25) is 0 Å². The van der Waals surface area contributed by atoms with E-state index in [1.807, 2.05) is 28.1 Å². The fourth-order valence-corrected chi connectivity index (χ4v) is 11.2. The van der Waals surface area contributed by atoms with Gasteiger partial charge in [0, 0.05) is 0 Å². The minimum atomic E-state index is 0.102. The van der Waals surface area contributed by atoms with E-state index in [0.717, 1.165) is 37.3 Å². The average Bonchev–Trinajstić information content (AvgIpc) is 4.02. The number of aldehydes is 1. The molecule has 5 heterocycles. The molecular formula is C43H62N4OS7. The number of nitrogens with zero attached hydrogens (tertiary/aromatic N) is 2. The van der Waals surface area contributed by atoms with Gasteiger partial charge in [0.25, 0.3) is 0 Å². The maximum Gasteiger partial charge on any atom is 0.160 e. The Morgan fingerprint density at radius 3 is 1.27 bits per heavy atom. The van der Waals surface area contributed by atoms with Crippen molar-refractivity contribution in [2.24, 2.45) is 11.5 Å². The van der Waals surface area contributed by atoms with Crippen LogP contribution in [0.5, 0.6) is 0 Å². The van der Waals surface area contributed by atoms with Gasteiger partial charge in [-0.2, -0.15) is 0 Å². The zero-order valence-electron chi connectivity index (χ0n) is 33.2. The summed E-state index contributed by atoms with van der Waals surface area (Å²) in [5.74, 6) is 0. The van der Waals surface area contributed by atoms with Gasteiger partial charge in [-0.3, -0.25) is 4.79 Å². The second-order valence-corrected chi connectivity index (χ2v) is 19.5. The smallest absolute Gasteiger partial charge is 0.160 e. The van der Waals surface area contributed by atoms with E-state index in [9.17, 15) is 4.79 Å². The molecule has 0 aliphatic carbocycles. The number of hydrogen-bond acceptors (Lipinski definition) is 10.